The van der Waals surface area contributed by atoms with Gasteiger partial charge in [0.15, 0.2) is 11.5 Å². The molecule has 1 N–H and O–H groups in total. The lowest BCUT2D eigenvalue weighted by molar-refractivity contribution is 0.0953. The summed E-state index contributed by atoms with van der Waals surface area (Å²) in [4.78, 5) is 11.7. The summed E-state index contributed by atoms with van der Waals surface area (Å²) in [6.07, 6.45) is 5.63. The minimum absolute atomic E-state index is 0.155. The third-order valence-electron chi connectivity index (χ3n) is 2.36. The number of rotatable bonds is 3. The normalized spacial score (nSPS) is 12.6. The van der Waals surface area contributed by atoms with Crippen LogP contribution in [0.5, 0.6) is 11.5 Å². The smallest absolute Gasteiger partial charge is 0.251 e. The van der Waals surface area contributed by atoms with E-state index in [1.807, 2.05) is 0 Å². The highest BCUT2D eigenvalue weighted by Gasteiger charge is 2.14. The number of carbonyl (C=O) groups is 1. The maximum atomic E-state index is 11.7. The number of amides is 1. The molecular formula is C13H13NO3. The summed E-state index contributed by atoms with van der Waals surface area (Å²) in [7, 11) is 0. The SMILES string of the molecule is C#CCCNC(=O)c1ccc2c(c1)OCCO2. The van der Waals surface area contributed by atoms with Gasteiger partial charge in [0.05, 0.1) is 0 Å². The van der Waals surface area contributed by atoms with Crippen molar-refractivity contribution in [2.24, 2.45) is 0 Å². The van der Waals surface area contributed by atoms with Crippen LogP contribution >= 0.6 is 0 Å². The van der Waals surface area contributed by atoms with Crippen LogP contribution in [0.25, 0.3) is 0 Å². The molecule has 0 radical (unpaired) electrons. The molecule has 0 bridgehead atoms. The third-order valence-corrected chi connectivity index (χ3v) is 2.36. The molecular weight excluding hydrogens is 218 g/mol. The first kappa shape index (κ1) is 11.3. The molecule has 2 rings (SSSR count). The summed E-state index contributed by atoms with van der Waals surface area (Å²) in [5.74, 6) is 3.60. The Morgan fingerprint density at radius 3 is 2.88 bits per heavy atom. The van der Waals surface area contributed by atoms with Gasteiger partial charge < -0.3 is 14.8 Å². The molecule has 0 fully saturated rings. The van der Waals surface area contributed by atoms with Crippen molar-refractivity contribution in [2.45, 2.75) is 6.42 Å². The Balaban J connectivity index is 2.06. The molecule has 0 atom stereocenters. The number of nitrogens with one attached hydrogen (secondary N) is 1. The molecule has 0 unspecified atom stereocenters. The second-order valence-electron chi connectivity index (χ2n) is 3.57. The van der Waals surface area contributed by atoms with Crippen LogP contribution in [0.3, 0.4) is 0 Å². The lowest BCUT2D eigenvalue weighted by atomic mass is 10.2. The highest BCUT2D eigenvalue weighted by Crippen LogP contribution is 2.30. The fourth-order valence-electron chi connectivity index (χ4n) is 1.53. The zero-order valence-electron chi connectivity index (χ0n) is 9.36. The first-order chi connectivity index (χ1) is 8.31. The molecule has 0 aliphatic carbocycles. The van der Waals surface area contributed by atoms with E-state index in [4.69, 9.17) is 15.9 Å². The standard InChI is InChI=1S/C13H13NO3/c1-2-3-6-14-13(15)10-4-5-11-12(9-10)17-8-7-16-11/h1,4-5,9H,3,6-8H2,(H,14,15). The van der Waals surface area contributed by atoms with Gasteiger partial charge >= 0.3 is 0 Å². The van der Waals surface area contributed by atoms with E-state index in [0.29, 0.717) is 43.2 Å². The molecule has 1 aromatic carbocycles. The van der Waals surface area contributed by atoms with E-state index in [1.54, 1.807) is 18.2 Å². The summed E-state index contributed by atoms with van der Waals surface area (Å²) in [5.41, 5.74) is 0.547. The van der Waals surface area contributed by atoms with Crippen LogP contribution in [0.4, 0.5) is 0 Å². The Morgan fingerprint density at radius 1 is 1.35 bits per heavy atom. The van der Waals surface area contributed by atoms with Crippen LogP contribution in [0, 0.1) is 12.3 Å². The van der Waals surface area contributed by atoms with Crippen molar-refractivity contribution in [1.29, 1.82) is 0 Å². The van der Waals surface area contributed by atoms with E-state index in [0.717, 1.165) is 0 Å². The Morgan fingerprint density at radius 2 is 2.12 bits per heavy atom. The predicted octanol–water partition coefficient (Wildman–Crippen LogP) is 1.21. The summed E-state index contributed by atoms with van der Waals surface area (Å²) >= 11 is 0. The summed E-state index contributed by atoms with van der Waals surface area (Å²) in [6.45, 7) is 1.53. The van der Waals surface area contributed by atoms with Crippen LogP contribution in [-0.2, 0) is 0 Å². The van der Waals surface area contributed by atoms with Crippen LogP contribution in [0.15, 0.2) is 18.2 Å². The monoisotopic (exact) mass is 231 g/mol. The van der Waals surface area contributed by atoms with Gasteiger partial charge in [-0.1, -0.05) is 0 Å². The molecule has 1 aliphatic heterocycles. The number of terminal acetylenes is 1. The Kier molecular flexibility index (Phi) is 3.51. The second-order valence-corrected chi connectivity index (χ2v) is 3.57. The highest BCUT2D eigenvalue weighted by molar-refractivity contribution is 5.94. The third kappa shape index (κ3) is 2.70. The number of ether oxygens (including phenoxy) is 2. The molecule has 1 aromatic rings. The molecule has 1 amide bonds. The maximum absolute atomic E-state index is 11.7. The minimum Gasteiger partial charge on any atom is -0.486 e. The number of hydrogen-bond acceptors (Lipinski definition) is 3. The van der Waals surface area contributed by atoms with Crippen molar-refractivity contribution in [3.05, 3.63) is 23.8 Å². The van der Waals surface area contributed by atoms with Gasteiger partial charge in [-0.25, -0.2) is 0 Å². The molecule has 1 aliphatic rings. The largest absolute Gasteiger partial charge is 0.486 e. The van der Waals surface area contributed by atoms with Gasteiger partial charge in [0, 0.05) is 18.5 Å². The van der Waals surface area contributed by atoms with Gasteiger partial charge in [-0.2, -0.15) is 0 Å². The average molecular weight is 231 g/mol. The highest BCUT2D eigenvalue weighted by atomic mass is 16.6. The molecule has 0 saturated heterocycles. The Hall–Kier alpha value is -2.15. The summed E-state index contributed by atoms with van der Waals surface area (Å²) in [6, 6.07) is 5.13. The van der Waals surface area contributed by atoms with Crippen molar-refractivity contribution in [1.82, 2.24) is 5.32 Å². The van der Waals surface area contributed by atoms with E-state index < -0.39 is 0 Å². The van der Waals surface area contributed by atoms with Gasteiger partial charge in [0.2, 0.25) is 0 Å². The van der Waals surface area contributed by atoms with Gasteiger partial charge in [-0.05, 0) is 18.2 Å². The van der Waals surface area contributed by atoms with Crippen molar-refractivity contribution in [3.63, 3.8) is 0 Å². The average Bonchev–Trinajstić information content (AvgIpc) is 2.38. The van der Waals surface area contributed by atoms with Crippen LogP contribution in [-0.4, -0.2) is 25.7 Å². The first-order valence-corrected chi connectivity index (χ1v) is 5.42. The van der Waals surface area contributed by atoms with E-state index >= 15 is 0 Å². The number of fused-ring (bicyclic) bond motifs is 1. The fraction of sp³-hybridized carbons (Fsp3) is 0.308. The molecule has 4 nitrogen and oxygen atoms in total. The molecule has 88 valence electrons. The lowest BCUT2D eigenvalue weighted by Gasteiger charge is -2.18. The van der Waals surface area contributed by atoms with Crippen molar-refractivity contribution < 1.29 is 14.3 Å². The van der Waals surface area contributed by atoms with E-state index in [-0.39, 0.29) is 5.91 Å². The summed E-state index contributed by atoms with van der Waals surface area (Å²) < 4.78 is 10.8. The zero-order valence-corrected chi connectivity index (χ0v) is 9.36. The minimum atomic E-state index is -0.155. The molecule has 17 heavy (non-hydrogen) atoms. The van der Waals surface area contributed by atoms with Crippen LogP contribution < -0.4 is 14.8 Å². The van der Waals surface area contributed by atoms with Crippen molar-refractivity contribution in [2.75, 3.05) is 19.8 Å². The first-order valence-electron chi connectivity index (χ1n) is 5.42. The maximum Gasteiger partial charge on any atom is 0.251 e. The van der Waals surface area contributed by atoms with Gasteiger partial charge in [-0.3, -0.25) is 4.79 Å². The lowest BCUT2D eigenvalue weighted by Crippen LogP contribution is -2.24. The van der Waals surface area contributed by atoms with Gasteiger partial charge in [0.1, 0.15) is 13.2 Å². The fourth-order valence-corrected chi connectivity index (χ4v) is 1.53. The van der Waals surface area contributed by atoms with E-state index in [9.17, 15) is 4.79 Å². The number of hydrogen-bond donors (Lipinski definition) is 1. The van der Waals surface area contributed by atoms with Gasteiger partial charge in [0.25, 0.3) is 5.91 Å². The van der Waals surface area contributed by atoms with Crippen LogP contribution in [0.2, 0.25) is 0 Å². The zero-order chi connectivity index (χ0) is 12.1. The van der Waals surface area contributed by atoms with Crippen molar-refractivity contribution >= 4 is 5.91 Å². The number of benzene rings is 1. The Labute approximate surface area is 99.9 Å². The molecule has 4 heteroatoms. The molecule has 0 saturated carbocycles. The summed E-state index contributed by atoms with van der Waals surface area (Å²) in [5, 5.41) is 2.73. The second kappa shape index (κ2) is 5.26. The molecule has 0 aromatic heterocycles. The van der Waals surface area contributed by atoms with E-state index in [2.05, 4.69) is 11.2 Å². The predicted molar refractivity (Wildman–Crippen MR) is 63.2 cm³/mol. The Bertz CT molecular complexity index is 462. The quantitative estimate of drug-likeness (QED) is 0.628. The topological polar surface area (TPSA) is 47.6 Å². The van der Waals surface area contributed by atoms with Gasteiger partial charge in [-0.15, -0.1) is 12.3 Å². The molecule has 0 spiro atoms. The van der Waals surface area contributed by atoms with Crippen LogP contribution in [0.1, 0.15) is 16.8 Å². The number of carbonyl (C=O) groups excluding carboxylic acids is 1. The molecule has 1 heterocycles. The van der Waals surface area contributed by atoms with Crippen molar-refractivity contribution in [3.8, 4) is 23.8 Å². The van der Waals surface area contributed by atoms with E-state index in [1.165, 1.54) is 0 Å².